The first kappa shape index (κ1) is 21.4. The third kappa shape index (κ3) is 6.37. The van der Waals surface area contributed by atoms with Gasteiger partial charge in [0.25, 0.3) is 5.91 Å². The number of nitrogens with zero attached hydrogens (tertiary/aromatic N) is 1. The fraction of sp³-hybridized carbons (Fsp3) is 0.364. The van der Waals surface area contributed by atoms with Gasteiger partial charge in [-0.25, -0.2) is 4.39 Å². The summed E-state index contributed by atoms with van der Waals surface area (Å²) in [7, 11) is 0. The van der Waals surface area contributed by atoms with Crippen molar-refractivity contribution in [2.45, 2.75) is 46.3 Å². The molecule has 1 unspecified atom stereocenters. The number of nitrogens with one attached hydrogen (secondary N) is 1. The Balaban J connectivity index is 2.12. The molecule has 0 radical (unpaired) electrons. The maximum atomic E-state index is 13.0. The topological polar surface area (TPSA) is 58.6 Å². The molecule has 0 aliphatic carbocycles. The lowest BCUT2D eigenvalue weighted by Gasteiger charge is -2.29. The maximum absolute atomic E-state index is 13.0. The minimum Gasteiger partial charge on any atom is -0.484 e. The van der Waals surface area contributed by atoms with Crippen molar-refractivity contribution < 1.29 is 18.7 Å². The van der Waals surface area contributed by atoms with Gasteiger partial charge in [0.2, 0.25) is 5.91 Å². The quantitative estimate of drug-likeness (QED) is 0.756. The number of rotatable bonds is 8. The fourth-order valence-electron chi connectivity index (χ4n) is 2.64. The van der Waals surface area contributed by atoms with E-state index in [-0.39, 0.29) is 30.3 Å². The minimum absolute atomic E-state index is 0.0262. The van der Waals surface area contributed by atoms with Crippen molar-refractivity contribution in [3.05, 3.63) is 65.5 Å². The Bertz CT molecular complexity index is 788. The molecule has 1 N–H and O–H groups in total. The van der Waals surface area contributed by atoms with Gasteiger partial charge in [0.1, 0.15) is 17.6 Å². The van der Waals surface area contributed by atoms with Crippen LogP contribution >= 0.6 is 0 Å². The van der Waals surface area contributed by atoms with Crippen molar-refractivity contribution in [2.24, 2.45) is 0 Å². The fourth-order valence-corrected chi connectivity index (χ4v) is 2.64. The summed E-state index contributed by atoms with van der Waals surface area (Å²) >= 11 is 0. The van der Waals surface area contributed by atoms with Gasteiger partial charge in [-0.2, -0.15) is 0 Å². The highest BCUT2D eigenvalue weighted by Crippen LogP contribution is 2.14. The Morgan fingerprint density at radius 2 is 1.64 bits per heavy atom. The average Bonchev–Trinajstić information content (AvgIpc) is 2.65. The molecule has 0 aliphatic heterocycles. The summed E-state index contributed by atoms with van der Waals surface area (Å²) in [6, 6.07) is 12.6. The summed E-state index contributed by atoms with van der Waals surface area (Å²) in [5.74, 6) is -0.531. The molecule has 150 valence electrons. The van der Waals surface area contributed by atoms with Crippen LogP contribution in [0.15, 0.2) is 48.5 Å². The highest BCUT2D eigenvalue weighted by Gasteiger charge is 2.26. The summed E-state index contributed by atoms with van der Waals surface area (Å²) in [6.07, 6.45) is 0. The van der Waals surface area contributed by atoms with Crippen LogP contribution in [0, 0.1) is 12.7 Å². The van der Waals surface area contributed by atoms with Crippen LogP contribution < -0.4 is 10.1 Å². The lowest BCUT2D eigenvalue weighted by molar-refractivity contribution is -0.142. The van der Waals surface area contributed by atoms with Gasteiger partial charge in [0.15, 0.2) is 6.61 Å². The molecule has 0 saturated heterocycles. The number of carbonyl (C=O) groups excluding carboxylic acids is 2. The first-order chi connectivity index (χ1) is 13.3. The Morgan fingerprint density at radius 1 is 1.04 bits per heavy atom. The molecule has 0 fully saturated rings. The van der Waals surface area contributed by atoms with Crippen LogP contribution in [0.25, 0.3) is 0 Å². The van der Waals surface area contributed by atoms with Crippen molar-refractivity contribution in [3.8, 4) is 5.75 Å². The summed E-state index contributed by atoms with van der Waals surface area (Å²) < 4.78 is 18.5. The van der Waals surface area contributed by atoms with Gasteiger partial charge < -0.3 is 15.0 Å². The second kappa shape index (κ2) is 9.88. The smallest absolute Gasteiger partial charge is 0.261 e. The summed E-state index contributed by atoms with van der Waals surface area (Å²) in [5, 5.41) is 2.84. The normalized spacial score (nSPS) is 11.8. The largest absolute Gasteiger partial charge is 0.484 e. The molecule has 0 saturated carbocycles. The predicted molar refractivity (Wildman–Crippen MR) is 106 cm³/mol. The van der Waals surface area contributed by atoms with Crippen molar-refractivity contribution in [1.29, 1.82) is 0 Å². The molecular formula is C22H27FN2O3. The molecule has 5 nitrogen and oxygen atoms in total. The van der Waals surface area contributed by atoms with E-state index in [2.05, 4.69) is 5.32 Å². The van der Waals surface area contributed by atoms with Gasteiger partial charge in [-0.1, -0.05) is 29.8 Å². The van der Waals surface area contributed by atoms with Crippen LogP contribution in [0.3, 0.4) is 0 Å². The molecule has 0 spiro atoms. The molecule has 2 aromatic rings. The highest BCUT2D eigenvalue weighted by atomic mass is 19.1. The van der Waals surface area contributed by atoms with E-state index in [1.807, 2.05) is 45.0 Å². The zero-order valence-electron chi connectivity index (χ0n) is 16.7. The third-order valence-corrected chi connectivity index (χ3v) is 4.25. The van der Waals surface area contributed by atoms with Gasteiger partial charge in [-0.15, -0.1) is 0 Å². The molecule has 2 rings (SSSR count). The van der Waals surface area contributed by atoms with E-state index >= 15 is 0 Å². The molecule has 0 heterocycles. The molecule has 28 heavy (non-hydrogen) atoms. The third-order valence-electron chi connectivity index (χ3n) is 4.25. The maximum Gasteiger partial charge on any atom is 0.261 e. The number of hydrogen-bond donors (Lipinski definition) is 1. The van der Waals surface area contributed by atoms with Crippen LogP contribution in [0.2, 0.25) is 0 Å². The Kier molecular flexibility index (Phi) is 7.55. The van der Waals surface area contributed by atoms with Gasteiger partial charge in [0, 0.05) is 12.6 Å². The van der Waals surface area contributed by atoms with Crippen LogP contribution in [0.5, 0.6) is 5.75 Å². The SMILES string of the molecule is Cc1ccc(CN(C(=O)COc2ccc(F)cc2)C(C)C(=O)NC(C)C)cc1. The van der Waals surface area contributed by atoms with E-state index in [9.17, 15) is 14.0 Å². The van der Waals surface area contributed by atoms with Gasteiger partial charge in [0.05, 0.1) is 0 Å². The molecule has 1 atom stereocenters. The number of halogens is 1. The number of ether oxygens (including phenoxy) is 1. The van der Waals surface area contributed by atoms with Crippen molar-refractivity contribution >= 4 is 11.8 Å². The van der Waals surface area contributed by atoms with Crippen LogP contribution in [-0.2, 0) is 16.1 Å². The van der Waals surface area contributed by atoms with Crippen molar-refractivity contribution in [2.75, 3.05) is 6.61 Å². The van der Waals surface area contributed by atoms with E-state index in [0.717, 1.165) is 11.1 Å². The van der Waals surface area contributed by atoms with Crippen molar-refractivity contribution in [3.63, 3.8) is 0 Å². The molecule has 0 bridgehead atoms. The zero-order chi connectivity index (χ0) is 20.7. The molecule has 2 aromatic carbocycles. The van der Waals surface area contributed by atoms with E-state index < -0.39 is 6.04 Å². The lowest BCUT2D eigenvalue weighted by atomic mass is 10.1. The second-order valence-electron chi connectivity index (χ2n) is 7.09. The minimum atomic E-state index is -0.659. The van der Waals surface area contributed by atoms with E-state index in [0.29, 0.717) is 12.3 Å². The number of benzene rings is 2. The monoisotopic (exact) mass is 386 g/mol. The molecule has 6 heteroatoms. The van der Waals surface area contributed by atoms with E-state index in [1.54, 1.807) is 6.92 Å². The highest BCUT2D eigenvalue weighted by molar-refractivity contribution is 5.88. The second-order valence-corrected chi connectivity index (χ2v) is 7.09. The standard InChI is InChI=1S/C22H27FN2O3/c1-15(2)24-22(27)17(4)25(13-18-7-5-16(3)6-8-18)21(26)14-28-20-11-9-19(23)10-12-20/h5-12,15,17H,13-14H2,1-4H3,(H,24,27). The lowest BCUT2D eigenvalue weighted by Crippen LogP contribution is -2.50. The molecular weight excluding hydrogens is 359 g/mol. The summed E-state index contributed by atoms with van der Waals surface area (Å²) in [6.45, 7) is 7.47. The number of aryl methyl sites for hydroxylation is 1. The van der Waals surface area contributed by atoms with Crippen LogP contribution in [0.4, 0.5) is 4.39 Å². The number of amides is 2. The first-order valence-electron chi connectivity index (χ1n) is 9.30. The van der Waals surface area contributed by atoms with Crippen LogP contribution in [-0.4, -0.2) is 35.4 Å². The summed E-state index contributed by atoms with van der Waals surface area (Å²) in [5.41, 5.74) is 2.04. The van der Waals surface area contributed by atoms with Gasteiger partial charge in [-0.05, 0) is 57.5 Å². The van der Waals surface area contributed by atoms with Gasteiger partial charge >= 0.3 is 0 Å². The zero-order valence-corrected chi connectivity index (χ0v) is 16.7. The Labute approximate surface area is 165 Å². The predicted octanol–water partition coefficient (Wildman–Crippen LogP) is 3.45. The Morgan fingerprint density at radius 3 is 2.21 bits per heavy atom. The average molecular weight is 386 g/mol. The molecule has 0 aromatic heterocycles. The Hall–Kier alpha value is -2.89. The van der Waals surface area contributed by atoms with Crippen LogP contribution in [0.1, 0.15) is 31.9 Å². The molecule has 2 amide bonds. The summed E-state index contributed by atoms with van der Waals surface area (Å²) in [4.78, 5) is 26.8. The number of hydrogen-bond acceptors (Lipinski definition) is 3. The van der Waals surface area contributed by atoms with E-state index in [1.165, 1.54) is 29.2 Å². The van der Waals surface area contributed by atoms with Crippen molar-refractivity contribution in [1.82, 2.24) is 10.2 Å². The van der Waals surface area contributed by atoms with Gasteiger partial charge in [-0.3, -0.25) is 9.59 Å². The number of carbonyl (C=O) groups is 2. The van der Waals surface area contributed by atoms with E-state index in [4.69, 9.17) is 4.74 Å². The molecule has 0 aliphatic rings. The first-order valence-corrected chi connectivity index (χ1v) is 9.30.